The molecule has 8 heteroatoms. The Morgan fingerprint density at radius 2 is 2.08 bits per heavy atom. The molecule has 0 radical (unpaired) electrons. The van der Waals surface area contributed by atoms with Crippen LogP contribution in [-0.4, -0.2) is 20.6 Å². The van der Waals surface area contributed by atoms with Gasteiger partial charge in [0.1, 0.15) is 17.2 Å². The van der Waals surface area contributed by atoms with Crippen molar-refractivity contribution in [2.45, 2.75) is 34.2 Å². The summed E-state index contributed by atoms with van der Waals surface area (Å²) in [6.07, 6.45) is 0. The van der Waals surface area contributed by atoms with E-state index in [1.54, 1.807) is 39.8 Å². The van der Waals surface area contributed by atoms with E-state index in [9.17, 15) is 19.3 Å². The lowest BCUT2D eigenvalue weighted by molar-refractivity contribution is -0.386. The van der Waals surface area contributed by atoms with Gasteiger partial charge in [0.2, 0.25) is 5.91 Å². The number of amides is 1. The minimum absolute atomic E-state index is 0.0488. The predicted octanol–water partition coefficient (Wildman–Crippen LogP) is 3.13. The Hall–Kier alpha value is -2.77. The summed E-state index contributed by atoms with van der Waals surface area (Å²) in [5, 5.41) is 17.7. The molecule has 0 aliphatic rings. The zero-order valence-electron chi connectivity index (χ0n) is 14.0. The Bertz CT molecular complexity index is 801. The molecule has 1 aromatic carbocycles. The lowest BCUT2D eigenvalue weighted by atomic mass is 10.1. The van der Waals surface area contributed by atoms with Crippen LogP contribution in [0.5, 0.6) is 0 Å². The Morgan fingerprint density at radius 3 is 2.67 bits per heavy atom. The lowest BCUT2D eigenvalue weighted by Gasteiger charge is -2.14. The van der Waals surface area contributed by atoms with Crippen LogP contribution in [0.4, 0.5) is 15.8 Å². The van der Waals surface area contributed by atoms with E-state index < -0.39 is 16.7 Å². The molecule has 1 atom stereocenters. The number of hydrogen-bond donors (Lipinski definition) is 1. The molecule has 0 saturated heterocycles. The number of aromatic nitrogens is 2. The van der Waals surface area contributed by atoms with Crippen LogP contribution in [0.25, 0.3) is 0 Å². The number of nitrogens with zero attached hydrogens (tertiary/aromatic N) is 3. The van der Waals surface area contributed by atoms with Crippen molar-refractivity contribution in [3.63, 3.8) is 0 Å². The Kier molecular flexibility index (Phi) is 4.96. The molecule has 0 fully saturated rings. The highest BCUT2D eigenvalue weighted by molar-refractivity contribution is 5.92. The third-order valence-electron chi connectivity index (χ3n) is 3.80. The van der Waals surface area contributed by atoms with Crippen LogP contribution < -0.4 is 5.32 Å². The number of aryl methyl sites for hydroxylation is 2. The average Bonchev–Trinajstić information content (AvgIpc) is 2.77. The average molecular weight is 334 g/mol. The monoisotopic (exact) mass is 334 g/mol. The molecular formula is C16H19FN4O3. The number of carbonyl (C=O) groups is 1. The first-order valence-electron chi connectivity index (χ1n) is 7.46. The fourth-order valence-corrected chi connectivity index (χ4v) is 2.46. The standard InChI is InChI=1S/C16H19FN4O3/c1-9-5-6-13(17)14(7-9)18-16(22)10(2)8-20-12(4)15(21(23)24)11(3)19-20/h5-7,10H,8H2,1-4H3,(H,18,22)/t10-/m0/s1. The molecule has 0 aliphatic carbocycles. The van der Waals surface area contributed by atoms with E-state index >= 15 is 0 Å². The third-order valence-corrected chi connectivity index (χ3v) is 3.80. The molecule has 0 bridgehead atoms. The van der Waals surface area contributed by atoms with Crippen molar-refractivity contribution < 1.29 is 14.1 Å². The molecule has 1 amide bonds. The van der Waals surface area contributed by atoms with Gasteiger partial charge in [-0.2, -0.15) is 5.10 Å². The largest absolute Gasteiger partial charge is 0.323 e. The maximum Gasteiger partial charge on any atom is 0.312 e. The van der Waals surface area contributed by atoms with E-state index in [1.165, 1.54) is 10.7 Å². The van der Waals surface area contributed by atoms with Crippen molar-refractivity contribution >= 4 is 17.3 Å². The zero-order valence-corrected chi connectivity index (χ0v) is 14.0. The van der Waals surface area contributed by atoms with Gasteiger partial charge in [0.05, 0.1) is 23.1 Å². The zero-order chi connectivity index (χ0) is 18.0. The first kappa shape index (κ1) is 17.6. The van der Waals surface area contributed by atoms with Gasteiger partial charge in [-0.25, -0.2) is 4.39 Å². The molecule has 1 aromatic heterocycles. The van der Waals surface area contributed by atoms with Crippen LogP contribution in [0.2, 0.25) is 0 Å². The molecule has 2 aromatic rings. The lowest BCUT2D eigenvalue weighted by Crippen LogP contribution is -2.25. The van der Waals surface area contributed by atoms with Crippen LogP contribution >= 0.6 is 0 Å². The van der Waals surface area contributed by atoms with Crippen LogP contribution in [0.15, 0.2) is 18.2 Å². The molecule has 1 N–H and O–H groups in total. The van der Waals surface area contributed by atoms with Crippen LogP contribution in [0.3, 0.4) is 0 Å². The smallest absolute Gasteiger partial charge is 0.312 e. The molecule has 0 spiro atoms. The maximum absolute atomic E-state index is 13.7. The highest BCUT2D eigenvalue weighted by Crippen LogP contribution is 2.23. The number of benzene rings is 1. The molecule has 2 rings (SSSR count). The van der Waals surface area contributed by atoms with Crippen molar-refractivity contribution in [1.29, 1.82) is 0 Å². The van der Waals surface area contributed by atoms with Gasteiger partial charge >= 0.3 is 5.69 Å². The number of rotatable bonds is 5. The van der Waals surface area contributed by atoms with E-state index in [1.807, 2.05) is 0 Å². The van der Waals surface area contributed by atoms with Gasteiger partial charge < -0.3 is 5.32 Å². The summed E-state index contributed by atoms with van der Waals surface area (Å²) in [6, 6.07) is 4.46. The van der Waals surface area contributed by atoms with E-state index in [-0.39, 0.29) is 23.8 Å². The molecule has 0 saturated carbocycles. The topological polar surface area (TPSA) is 90.1 Å². The normalized spacial score (nSPS) is 12.0. The number of anilines is 1. The van der Waals surface area contributed by atoms with E-state index in [2.05, 4.69) is 10.4 Å². The fraction of sp³-hybridized carbons (Fsp3) is 0.375. The highest BCUT2D eigenvalue weighted by Gasteiger charge is 2.24. The van der Waals surface area contributed by atoms with Crippen molar-refractivity contribution in [2.24, 2.45) is 5.92 Å². The van der Waals surface area contributed by atoms with Crippen LogP contribution in [0.1, 0.15) is 23.9 Å². The summed E-state index contributed by atoms with van der Waals surface area (Å²) in [4.78, 5) is 22.8. The molecule has 1 heterocycles. The van der Waals surface area contributed by atoms with Crippen LogP contribution in [-0.2, 0) is 11.3 Å². The predicted molar refractivity (Wildman–Crippen MR) is 87.3 cm³/mol. The SMILES string of the molecule is Cc1ccc(F)c(NC(=O)[C@@H](C)Cn2nc(C)c([N+](=O)[O-])c2C)c1. The molecule has 24 heavy (non-hydrogen) atoms. The molecule has 0 unspecified atom stereocenters. The quantitative estimate of drug-likeness (QED) is 0.672. The summed E-state index contributed by atoms with van der Waals surface area (Å²) in [7, 11) is 0. The second-order valence-corrected chi connectivity index (χ2v) is 5.83. The minimum Gasteiger partial charge on any atom is -0.323 e. The number of halogens is 1. The number of hydrogen-bond acceptors (Lipinski definition) is 4. The fourth-order valence-electron chi connectivity index (χ4n) is 2.46. The maximum atomic E-state index is 13.7. The Balaban J connectivity index is 2.14. The number of carbonyl (C=O) groups excluding carboxylic acids is 1. The van der Waals surface area contributed by atoms with Crippen molar-refractivity contribution in [3.05, 3.63) is 51.1 Å². The van der Waals surface area contributed by atoms with Crippen LogP contribution in [0, 0.1) is 42.6 Å². The Labute approximate surface area is 138 Å². The van der Waals surface area contributed by atoms with Gasteiger partial charge in [0.15, 0.2) is 0 Å². The summed E-state index contributed by atoms with van der Waals surface area (Å²) >= 11 is 0. The van der Waals surface area contributed by atoms with E-state index in [0.717, 1.165) is 5.56 Å². The van der Waals surface area contributed by atoms with Crippen molar-refractivity contribution in [3.8, 4) is 0 Å². The molecule has 128 valence electrons. The summed E-state index contributed by atoms with van der Waals surface area (Å²) in [5.41, 5.74) is 1.58. The first-order valence-corrected chi connectivity index (χ1v) is 7.46. The van der Waals surface area contributed by atoms with Gasteiger partial charge in [-0.1, -0.05) is 13.0 Å². The van der Waals surface area contributed by atoms with Gasteiger partial charge in [-0.15, -0.1) is 0 Å². The van der Waals surface area contributed by atoms with E-state index in [0.29, 0.717) is 11.4 Å². The molecule has 0 aliphatic heterocycles. The third kappa shape index (κ3) is 3.58. The first-order chi connectivity index (χ1) is 11.2. The van der Waals surface area contributed by atoms with Gasteiger partial charge in [0.25, 0.3) is 0 Å². The van der Waals surface area contributed by atoms with Gasteiger partial charge in [-0.05, 0) is 38.5 Å². The minimum atomic E-state index is -0.539. The second-order valence-electron chi connectivity index (χ2n) is 5.83. The number of nitrogens with one attached hydrogen (secondary N) is 1. The van der Waals surface area contributed by atoms with E-state index in [4.69, 9.17) is 0 Å². The highest BCUT2D eigenvalue weighted by atomic mass is 19.1. The van der Waals surface area contributed by atoms with Gasteiger partial charge in [-0.3, -0.25) is 19.6 Å². The Morgan fingerprint density at radius 1 is 1.42 bits per heavy atom. The van der Waals surface area contributed by atoms with Gasteiger partial charge in [0, 0.05) is 0 Å². The van der Waals surface area contributed by atoms with Crippen molar-refractivity contribution in [1.82, 2.24) is 9.78 Å². The summed E-state index contributed by atoms with van der Waals surface area (Å²) in [6.45, 7) is 6.76. The second kappa shape index (κ2) is 6.77. The summed E-state index contributed by atoms with van der Waals surface area (Å²) in [5.74, 6) is -1.43. The molecular weight excluding hydrogens is 315 g/mol. The molecule has 7 nitrogen and oxygen atoms in total. The van der Waals surface area contributed by atoms with Crippen molar-refractivity contribution in [2.75, 3.05) is 5.32 Å². The summed E-state index contributed by atoms with van der Waals surface area (Å²) < 4.78 is 15.2. The number of nitro groups is 1.